The molecule has 28 heavy (non-hydrogen) atoms. The van der Waals surface area contributed by atoms with Crippen LogP contribution in [0.1, 0.15) is 52.1 Å². The van der Waals surface area contributed by atoms with E-state index in [1.54, 1.807) is 45.0 Å². The fourth-order valence-electron chi connectivity index (χ4n) is 3.22. The summed E-state index contributed by atoms with van der Waals surface area (Å²) >= 11 is 0. The summed E-state index contributed by atoms with van der Waals surface area (Å²) < 4.78 is 24.6. The molecule has 0 aliphatic heterocycles. The van der Waals surface area contributed by atoms with Crippen LogP contribution < -0.4 is 9.47 Å². The van der Waals surface area contributed by atoms with Crippen LogP contribution in [0.4, 0.5) is 0 Å². The first-order valence-corrected chi connectivity index (χ1v) is 11.0. The standard InChI is InChI=1S/C22H27O5P/c1-7-16(4)28(25,22(24)20-14(2)9-8-10-15(20)3)21(23)18-12-11-17(26-5)13-19(18)27-6/h8-13,16H,7H2,1-6H3. The highest BCUT2D eigenvalue weighted by Gasteiger charge is 2.46. The molecule has 0 saturated carbocycles. The Labute approximate surface area is 166 Å². The average Bonchev–Trinajstić information content (AvgIpc) is 2.71. The van der Waals surface area contributed by atoms with Gasteiger partial charge in [-0.2, -0.15) is 0 Å². The van der Waals surface area contributed by atoms with Gasteiger partial charge >= 0.3 is 0 Å². The maximum absolute atomic E-state index is 14.1. The van der Waals surface area contributed by atoms with E-state index < -0.39 is 23.8 Å². The molecule has 0 aromatic heterocycles. The van der Waals surface area contributed by atoms with Crippen LogP contribution in [0.15, 0.2) is 36.4 Å². The number of ether oxygens (including phenoxy) is 2. The lowest BCUT2D eigenvalue weighted by Gasteiger charge is -2.24. The molecule has 2 rings (SSSR count). The summed E-state index contributed by atoms with van der Waals surface area (Å²) in [7, 11) is -1.02. The molecule has 0 spiro atoms. The summed E-state index contributed by atoms with van der Waals surface area (Å²) in [6.07, 6.45) is 0.443. The number of rotatable bonds is 8. The normalized spacial score (nSPS) is 14.1. The van der Waals surface area contributed by atoms with Crippen molar-refractivity contribution in [1.29, 1.82) is 0 Å². The second-order valence-electron chi connectivity index (χ2n) is 6.86. The number of hydrogen-bond donors (Lipinski definition) is 0. The van der Waals surface area contributed by atoms with E-state index in [4.69, 9.17) is 9.47 Å². The zero-order valence-electron chi connectivity index (χ0n) is 17.2. The first kappa shape index (κ1) is 21.9. The van der Waals surface area contributed by atoms with E-state index >= 15 is 0 Å². The molecule has 0 bridgehead atoms. The quantitative estimate of drug-likeness (QED) is 0.548. The lowest BCUT2D eigenvalue weighted by atomic mass is 10.0. The maximum Gasteiger partial charge on any atom is 0.232 e. The van der Waals surface area contributed by atoms with Crippen LogP contribution >= 0.6 is 7.14 Å². The molecule has 150 valence electrons. The number of carbonyl (C=O) groups is 2. The summed E-state index contributed by atoms with van der Waals surface area (Å²) in [6.45, 7) is 7.10. The Morgan fingerprint density at radius 1 is 1.00 bits per heavy atom. The molecule has 0 aliphatic rings. The minimum absolute atomic E-state index is 0.131. The third-order valence-electron chi connectivity index (χ3n) is 5.15. The largest absolute Gasteiger partial charge is 0.497 e. The molecule has 0 aliphatic carbocycles. The Hall–Kier alpha value is -2.39. The van der Waals surface area contributed by atoms with Crippen LogP contribution in [0.3, 0.4) is 0 Å². The molecule has 0 amide bonds. The smallest absolute Gasteiger partial charge is 0.232 e. The first-order chi connectivity index (χ1) is 13.2. The molecule has 2 atom stereocenters. The van der Waals surface area contributed by atoms with Gasteiger partial charge < -0.3 is 14.0 Å². The van der Waals surface area contributed by atoms with E-state index in [2.05, 4.69) is 0 Å². The van der Waals surface area contributed by atoms with Crippen LogP contribution in [-0.4, -0.2) is 30.9 Å². The molecule has 6 heteroatoms. The van der Waals surface area contributed by atoms with Crippen molar-refractivity contribution in [2.75, 3.05) is 14.2 Å². The first-order valence-electron chi connectivity index (χ1n) is 9.20. The Morgan fingerprint density at radius 2 is 1.61 bits per heavy atom. The highest BCUT2D eigenvalue weighted by molar-refractivity contribution is 7.95. The van der Waals surface area contributed by atoms with Crippen molar-refractivity contribution in [3.05, 3.63) is 58.7 Å². The van der Waals surface area contributed by atoms with Crippen molar-refractivity contribution >= 4 is 18.2 Å². The summed E-state index contributed by atoms with van der Waals surface area (Å²) in [5, 5.41) is 0. The summed E-state index contributed by atoms with van der Waals surface area (Å²) in [4.78, 5) is 27.0. The number of methoxy groups -OCH3 is 2. The average molecular weight is 402 g/mol. The van der Waals surface area contributed by atoms with Gasteiger partial charge in [0.25, 0.3) is 0 Å². The van der Waals surface area contributed by atoms with E-state index in [-0.39, 0.29) is 11.3 Å². The molecule has 2 aromatic carbocycles. The highest BCUT2D eigenvalue weighted by Crippen LogP contribution is 2.58. The van der Waals surface area contributed by atoms with E-state index in [1.807, 2.05) is 13.0 Å². The fourth-order valence-corrected chi connectivity index (χ4v) is 5.95. The SMILES string of the molecule is CCC(C)P(=O)(C(=O)c1ccc(OC)cc1OC)C(=O)c1c(C)cccc1C. The van der Waals surface area contributed by atoms with Crippen LogP contribution in [0.2, 0.25) is 0 Å². The molecule has 2 aromatic rings. The number of aryl methyl sites for hydroxylation is 2. The molecule has 0 saturated heterocycles. The topological polar surface area (TPSA) is 69.7 Å². The van der Waals surface area contributed by atoms with Gasteiger partial charge in [-0.25, -0.2) is 0 Å². The molecular formula is C22H27O5P. The maximum atomic E-state index is 14.1. The van der Waals surface area contributed by atoms with Crippen molar-refractivity contribution in [1.82, 2.24) is 0 Å². The van der Waals surface area contributed by atoms with Crippen LogP contribution in [-0.2, 0) is 4.57 Å². The van der Waals surface area contributed by atoms with Gasteiger partial charge in [0.2, 0.25) is 18.2 Å². The van der Waals surface area contributed by atoms with Crippen molar-refractivity contribution in [3.63, 3.8) is 0 Å². The van der Waals surface area contributed by atoms with Gasteiger partial charge in [0.15, 0.2) is 0 Å². The van der Waals surface area contributed by atoms with Crippen molar-refractivity contribution in [3.8, 4) is 11.5 Å². The Morgan fingerprint density at radius 3 is 2.11 bits per heavy atom. The fraction of sp³-hybridized carbons (Fsp3) is 0.364. The van der Waals surface area contributed by atoms with Gasteiger partial charge in [-0.15, -0.1) is 0 Å². The zero-order chi connectivity index (χ0) is 21.1. The van der Waals surface area contributed by atoms with Gasteiger partial charge in [0.05, 0.1) is 19.8 Å². The minimum atomic E-state index is -3.95. The Bertz CT molecular complexity index is 928. The van der Waals surface area contributed by atoms with Crippen LogP contribution in [0.25, 0.3) is 0 Å². The highest BCUT2D eigenvalue weighted by atomic mass is 31.2. The Kier molecular flexibility index (Phi) is 6.84. The zero-order valence-corrected chi connectivity index (χ0v) is 18.1. The second kappa shape index (κ2) is 8.74. The monoisotopic (exact) mass is 402 g/mol. The lowest BCUT2D eigenvalue weighted by molar-refractivity contribution is 0.103. The predicted octanol–water partition coefficient (Wildman–Crippen LogP) is 5.46. The Balaban J connectivity index is 2.68. The lowest BCUT2D eigenvalue weighted by Crippen LogP contribution is -2.21. The molecule has 0 radical (unpaired) electrons. The van der Waals surface area contributed by atoms with E-state index in [0.29, 0.717) is 28.9 Å². The third kappa shape index (κ3) is 3.77. The minimum Gasteiger partial charge on any atom is -0.497 e. The summed E-state index contributed by atoms with van der Waals surface area (Å²) in [6, 6.07) is 10.1. The summed E-state index contributed by atoms with van der Waals surface area (Å²) in [5.41, 5.74) is 0.0807. The van der Waals surface area contributed by atoms with E-state index in [1.165, 1.54) is 20.3 Å². The van der Waals surface area contributed by atoms with Crippen LogP contribution in [0, 0.1) is 13.8 Å². The number of carbonyl (C=O) groups excluding carboxylic acids is 2. The second-order valence-corrected chi connectivity index (χ2v) is 9.87. The number of hydrogen-bond acceptors (Lipinski definition) is 5. The molecule has 0 N–H and O–H groups in total. The van der Waals surface area contributed by atoms with Crippen molar-refractivity contribution in [2.24, 2.45) is 0 Å². The molecule has 2 unspecified atom stereocenters. The molecule has 5 nitrogen and oxygen atoms in total. The number of benzene rings is 2. The van der Waals surface area contributed by atoms with Gasteiger partial charge in [-0.3, -0.25) is 9.59 Å². The predicted molar refractivity (Wildman–Crippen MR) is 111 cm³/mol. The third-order valence-corrected chi connectivity index (χ3v) is 8.43. The van der Waals surface area contributed by atoms with Crippen molar-refractivity contribution < 1.29 is 23.6 Å². The van der Waals surface area contributed by atoms with E-state index in [9.17, 15) is 14.2 Å². The summed E-state index contributed by atoms with van der Waals surface area (Å²) in [5.74, 6) is 0.745. The van der Waals surface area contributed by atoms with E-state index in [0.717, 1.165) is 0 Å². The molecule has 0 fully saturated rings. The van der Waals surface area contributed by atoms with Gasteiger partial charge in [0.1, 0.15) is 11.5 Å². The van der Waals surface area contributed by atoms with Gasteiger partial charge in [-0.1, -0.05) is 32.0 Å². The van der Waals surface area contributed by atoms with Gasteiger partial charge in [0, 0.05) is 17.3 Å². The van der Waals surface area contributed by atoms with Crippen molar-refractivity contribution in [2.45, 2.75) is 39.8 Å². The van der Waals surface area contributed by atoms with Gasteiger partial charge in [-0.05, 0) is 43.5 Å². The molecule has 0 heterocycles. The van der Waals surface area contributed by atoms with Crippen LogP contribution in [0.5, 0.6) is 11.5 Å². The molecular weight excluding hydrogens is 375 g/mol.